The predicted molar refractivity (Wildman–Crippen MR) is 106 cm³/mol. The summed E-state index contributed by atoms with van der Waals surface area (Å²) in [6, 6.07) is 3.46. The molecule has 0 saturated heterocycles. The molecule has 1 unspecified atom stereocenters. The van der Waals surface area contributed by atoms with E-state index < -0.39 is 0 Å². The lowest BCUT2D eigenvalue weighted by Crippen LogP contribution is -2.11. The lowest BCUT2D eigenvalue weighted by atomic mass is 9.93. The molecule has 0 aromatic carbocycles. The van der Waals surface area contributed by atoms with Crippen molar-refractivity contribution < 1.29 is 9.21 Å². The van der Waals surface area contributed by atoms with E-state index in [1.54, 1.807) is 28.2 Å². The molecular formula is C19H21ClN4O2S. The average molecular weight is 405 g/mol. The molecule has 0 fully saturated rings. The summed E-state index contributed by atoms with van der Waals surface area (Å²) in [4.78, 5) is 18.3. The van der Waals surface area contributed by atoms with Crippen molar-refractivity contribution in [3.8, 4) is 0 Å². The molecule has 1 aliphatic rings. The molecule has 4 rings (SSSR count). The molecule has 3 heterocycles. The Balaban J connectivity index is 1.45. The zero-order chi connectivity index (χ0) is 19.1. The lowest BCUT2D eigenvalue weighted by Gasteiger charge is -2.15. The molecule has 1 aliphatic carbocycles. The summed E-state index contributed by atoms with van der Waals surface area (Å²) >= 11 is 7.74. The predicted octanol–water partition coefficient (Wildman–Crippen LogP) is 4.63. The van der Waals surface area contributed by atoms with Crippen LogP contribution in [0, 0.1) is 19.8 Å². The number of furan rings is 1. The van der Waals surface area contributed by atoms with Gasteiger partial charge in [0.2, 0.25) is 0 Å². The molecule has 8 heteroatoms. The van der Waals surface area contributed by atoms with E-state index in [0.717, 1.165) is 36.3 Å². The Morgan fingerprint density at radius 2 is 2.26 bits per heavy atom. The summed E-state index contributed by atoms with van der Waals surface area (Å²) in [7, 11) is 0. The average Bonchev–Trinajstić information content (AvgIpc) is 3.30. The van der Waals surface area contributed by atoms with Gasteiger partial charge in [0.15, 0.2) is 10.9 Å². The summed E-state index contributed by atoms with van der Waals surface area (Å²) in [5, 5.41) is 8.54. The third kappa shape index (κ3) is 3.66. The van der Waals surface area contributed by atoms with E-state index in [4.69, 9.17) is 16.0 Å². The van der Waals surface area contributed by atoms with Crippen LogP contribution in [0.4, 0.5) is 5.13 Å². The van der Waals surface area contributed by atoms with Crippen molar-refractivity contribution in [2.75, 3.05) is 5.32 Å². The van der Waals surface area contributed by atoms with Crippen LogP contribution in [0.15, 0.2) is 16.5 Å². The van der Waals surface area contributed by atoms with Crippen molar-refractivity contribution in [3.05, 3.63) is 50.6 Å². The molecule has 1 amide bonds. The number of halogens is 1. The van der Waals surface area contributed by atoms with Gasteiger partial charge in [-0.1, -0.05) is 18.5 Å². The van der Waals surface area contributed by atoms with E-state index in [9.17, 15) is 4.79 Å². The van der Waals surface area contributed by atoms with Crippen LogP contribution in [0.1, 0.15) is 51.6 Å². The standard InChI is InChI=1S/C19H21ClN4O2S/c1-10-4-6-14-16(8-10)27-19(21-14)22-18(25)15-7-5-13(26-15)9-24-12(3)17(20)11(2)23-24/h5,7,10H,4,6,8-9H2,1-3H3,(H,21,22,25). The first-order valence-electron chi connectivity index (χ1n) is 8.99. The van der Waals surface area contributed by atoms with Crippen LogP contribution in [0.5, 0.6) is 0 Å². The maximum Gasteiger partial charge on any atom is 0.293 e. The van der Waals surface area contributed by atoms with Gasteiger partial charge in [0.25, 0.3) is 5.91 Å². The van der Waals surface area contributed by atoms with Gasteiger partial charge in [-0.2, -0.15) is 5.10 Å². The Morgan fingerprint density at radius 1 is 1.44 bits per heavy atom. The second-order valence-corrected chi connectivity index (χ2v) is 8.56. The van der Waals surface area contributed by atoms with Gasteiger partial charge in [0.05, 0.1) is 28.6 Å². The van der Waals surface area contributed by atoms with Crippen molar-refractivity contribution in [3.63, 3.8) is 0 Å². The highest BCUT2D eigenvalue weighted by atomic mass is 35.5. The van der Waals surface area contributed by atoms with E-state index in [-0.39, 0.29) is 11.7 Å². The summed E-state index contributed by atoms with van der Waals surface area (Å²) in [6.07, 6.45) is 3.18. The first-order valence-corrected chi connectivity index (χ1v) is 10.2. The molecule has 0 bridgehead atoms. The van der Waals surface area contributed by atoms with Gasteiger partial charge in [-0.05, 0) is 51.2 Å². The number of anilines is 1. The van der Waals surface area contributed by atoms with Gasteiger partial charge in [0, 0.05) is 4.88 Å². The number of nitrogens with one attached hydrogen (secondary N) is 1. The monoisotopic (exact) mass is 404 g/mol. The van der Waals surface area contributed by atoms with E-state index in [0.29, 0.717) is 28.4 Å². The van der Waals surface area contributed by atoms with Crippen LogP contribution in [-0.2, 0) is 19.4 Å². The zero-order valence-corrected chi connectivity index (χ0v) is 17.1. The van der Waals surface area contributed by atoms with Gasteiger partial charge < -0.3 is 4.42 Å². The maximum absolute atomic E-state index is 12.5. The molecule has 1 N–H and O–H groups in total. The Kier molecular flexibility index (Phi) is 4.82. The van der Waals surface area contributed by atoms with E-state index in [1.165, 1.54) is 4.88 Å². The molecule has 0 aliphatic heterocycles. The smallest absolute Gasteiger partial charge is 0.293 e. The zero-order valence-electron chi connectivity index (χ0n) is 15.5. The number of nitrogens with zero attached hydrogens (tertiary/aromatic N) is 3. The van der Waals surface area contributed by atoms with Gasteiger partial charge in [-0.25, -0.2) is 4.98 Å². The minimum atomic E-state index is -0.285. The lowest BCUT2D eigenvalue weighted by molar-refractivity contribution is 0.0994. The number of carbonyl (C=O) groups is 1. The second kappa shape index (κ2) is 7.13. The fraction of sp³-hybridized carbons (Fsp3) is 0.421. The summed E-state index contributed by atoms with van der Waals surface area (Å²) < 4.78 is 7.48. The van der Waals surface area contributed by atoms with Crippen molar-refractivity contribution in [2.24, 2.45) is 5.92 Å². The number of carbonyl (C=O) groups excluding carboxylic acids is 1. The number of hydrogen-bond donors (Lipinski definition) is 1. The second-order valence-electron chi connectivity index (χ2n) is 7.10. The minimum Gasteiger partial charge on any atom is -0.454 e. The van der Waals surface area contributed by atoms with Crippen LogP contribution in [0.2, 0.25) is 5.02 Å². The van der Waals surface area contributed by atoms with Crippen LogP contribution in [0.3, 0.4) is 0 Å². The Morgan fingerprint density at radius 3 is 3.00 bits per heavy atom. The fourth-order valence-corrected chi connectivity index (χ4v) is 4.62. The molecule has 27 heavy (non-hydrogen) atoms. The molecule has 6 nitrogen and oxygen atoms in total. The number of amides is 1. The van der Waals surface area contributed by atoms with Crippen LogP contribution in [-0.4, -0.2) is 20.7 Å². The van der Waals surface area contributed by atoms with Crippen molar-refractivity contribution in [2.45, 2.75) is 46.6 Å². The van der Waals surface area contributed by atoms with Crippen molar-refractivity contribution >= 4 is 34.0 Å². The van der Waals surface area contributed by atoms with E-state index in [1.807, 2.05) is 13.8 Å². The number of hydrogen-bond acceptors (Lipinski definition) is 5. The molecular weight excluding hydrogens is 384 g/mol. The highest BCUT2D eigenvalue weighted by Gasteiger charge is 2.21. The van der Waals surface area contributed by atoms with Crippen LogP contribution < -0.4 is 5.32 Å². The Bertz CT molecular complexity index is 1000. The number of fused-ring (bicyclic) bond motifs is 1. The Hall–Kier alpha value is -2.12. The van der Waals surface area contributed by atoms with Crippen molar-refractivity contribution in [1.29, 1.82) is 0 Å². The molecule has 0 radical (unpaired) electrons. The van der Waals surface area contributed by atoms with Gasteiger partial charge >= 0.3 is 0 Å². The summed E-state index contributed by atoms with van der Waals surface area (Å²) in [6.45, 7) is 6.45. The highest BCUT2D eigenvalue weighted by molar-refractivity contribution is 7.15. The fourth-order valence-electron chi connectivity index (χ4n) is 3.31. The maximum atomic E-state index is 12.5. The topological polar surface area (TPSA) is 73.0 Å². The molecule has 0 spiro atoms. The molecule has 3 aromatic heterocycles. The van der Waals surface area contributed by atoms with Gasteiger partial charge in [0.1, 0.15) is 5.76 Å². The molecule has 0 saturated carbocycles. The summed E-state index contributed by atoms with van der Waals surface area (Å²) in [5.41, 5.74) is 2.77. The number of rotatable bonds is 4. The third-order valence-electron chi connectivity index (χ3n) is 4.89. The number of thiazole rings is 1. The number of aromatic nitrogens is 3. The number of aryl methyl sites for hydroxylation is 2. The Labute approximate surface area is 166 Å². The first kappa shape index (κ1) is 18.3. The van der Waals surface area contributed by atoms with Gasteiger partial charge in [-0.3, -0.25) is 14.8 Å². The first-order chi connectivity index (χ1) is 12.9. The van der Waals surface area contributed by atoms with E-state index in [2.05, 4.69) is 22.3 Å². The summed E-state index contributed by atoms with van der Waals surface area (Å²) in [5.74, 6) is 1.30. The third-order valence-corrected chi connectivity index (χ3v) is 6.47. The molecule has 142 valence electrons. The normalized spacial score (nSPS) is 16.4. The van der Waals surface area contributed by atoms with Gasteiger partial charge in [-0.15, -0.1) is 11.3 Å². The van der Waals surface area contributed by atoms with Crippen molar-refractivity contribution in [1.82, 2.24) is 14.8 Å². The van der Waals surface area contributed by atoms with Crippen LogP contribution >= 0.6 is 22.9 Å². The SMILES string of the molecule is Cc1nn(Cc2ccc(C(=O)Nc3nc4c(s3)CC(C)CC4)o2)c(C)c1Cl. The van der Waals surface area contributed by atoms with E-state index >= 15 is 0 Å². The highest BCUT2D eigenvalue weighted by Crippen LogP contribution is 2.32. The molecule has 1 atom stereocenters. The van der Waals surface area contributed by atoms with Crippen LogP contribution in [0.25, 0.3) is 0 Å². The molecule has 3 aromatic rings. The quantitative estimate of drug-likeness (QED) is 0.688. The largest absolute Gasteiger partial charge is 0.454 e. The minimum absolute atomic E-state index is 0.263.